The highest BCUT2D eigenvalue weighted by molar-refractivity contribution is 9.10. The van der Waals surface area contributed by atoms with Gasteiger partial charge in [-0.05, 0) is 61.4 Å². The topological polar surface area (TPSA) is 129 Å². The van der Waals surface area contributed by atoms with Crippen LogP contribution in [0.5, 0.6) is 11.6 Å². The normalized spacial score (nSPS) is 14.5. The number of fused-ring (bicyclic) bond motifs is 1. The number of amides is 1. The number of halogens is 1. The van der Waals surface area contributed by atoms with E-state index >= 15 is 0 Å². The molecule has 0 saturated carbocycles. The van der Waals surface area contributed by atoms with Crippen LogP contribution in [0.25, 0.3) is 10.9 Å². The second kappa shape index (κ2) is 10.4. The van der Waals surface area contributed by atoms with Crippen molar-refractivity contribution in [2.75, 3.05) is 29.4 Å². The summed E-state index contributed by atoms with van der Waals surface area (Å²) in [4.78, 5) is 26.8. The third kappa shape index (κ3) is 6.38. The molecule has 0 bridgehead atoms. The Hall–Kier alpha value is -3.64. The maximum Gasteiger partial charge on any atom is 0.270 e. The summed E-state index contributed by atoms with van der Waals surface area (Å²) in [6.07, 6.45) is 4.24. The molecular formula is C25H25BrN6O4S. The SMILES string of the molecule is CS(=O)(=O)Nc1ccc2[nH]c(C(=O)N3CCC(Nc4nccc(Oc5ccc(Br)cc5)n4)CC3)cc2c1. The van der Waals surface area contributed by atoms with Gasteiger partial charge in [-0.15, -0.1) is 0 Å². The van der Waals surface area contributed by atoms with Crippen molar-refractivity contribution in [2.24, 2.45) is 0 Å². The van der Waals surface area contributed by atoms with Crippen LogP contribution in [0.15, 0.2) is 65.3 Å². The lowest BCUT2D eigenvalue weighted by Crippen LogP contribution is -2.42. The van der Waals surface area contributed by atoms with Gasteiger partial charge < -0.3 is 19.9 Å². The highest BCUT2D eigenvalue weighted by atomic mass is 79.9. The zero-order valence-corrected chi connectivity index (χ0v) is 22.3. The van der Waals surface area contributed by atoms with Gasteiger partial charge in [0.05, 0.1) is 6.26 Å². The molecular weight excluding hydrogens is 560 g/mol. The number of likely N-dealkylation sites (tertiary alicyclic amines) is 1. The number of nitrogens with zero attached hydrogens (tertiary/aromatic N) is 3. The number of ether oxygens (including phenoxy) is 1. The highest BCUT2D eigenvalue weighted by Gasteiger charge is 2.25. The van der Waals surface area contributed by atoms with Crippen LogP contribution in [0, 0.1) is 0 Å². The van der Waals surface area contributed by atoms with Gasteiger partial charge in [0.2, 0.25) is 21.9 Å². The summed E-state index contributed by atoms with van der Waals surface area (Å²) in [6, 6.07) is 16.2. The van der Waals surface area contributed by atoms with Gasteiger partial charge in [0.25, 0.3) is 5.91 Å². The molecule has 2 aromatic heterocycles. The van der Waals surface area contributed by atoms with Crippen LogP contribution in [0.2, 0.25) is 0 Å². The third-order valence-corrected chi connectivity index (χ3v) is 7.07. The molecule has 0 atom stereocenters. The molecule has 4 aromatic rings. The molecule has 1 fully saturated rings. The largest absolute Gasteiger partial charge is 0.439 e. The number of anilines is 2. The summed E-state index contributed by atoms with van der Waals surface area (Å²) in [7, 11) is -3.38. The van der Waals surface area contributed by atoms with Crippen LogP contribution >= 0.6 is 15.9 Å². The van der Waals surface area contributed by atoms with Crippen LogP contribution in [0.3, 0.4) is 0 Å². The Balaban J connectivity index is 1.18. The average Bonchev–Trinajstić information content (AvgIpc) is 3.28. The predicted octanol–water partition coefficient (Wildman–Crippen LogP) is 4.60. The number of benzene rings is 2. The van der Waals surface area contributed by atoms with Crippen LogP contribution in [0.1, 0.15) is 23.3 Å². The second-order valence-corrected chi connectivity index (χ2v) is 11.5. The van der Waals surface area contributed by atoms with Gasteiger partial charge in [-0.1, -0.05) is 15.9 Å². The molecule has 10 nitrogen and oxygen atoms in total. The van der Waals surface area contributed by atoms with E-state index in [-0.39, 0.29) is 11.9 Å². The molecule has 192 valence electrons. The monoisotopic (exact) mass is 584 g/mol. The number of piperidine rings is 1. The fourth-order valence-corrected chi connectivity index (χ4v) is 5.02. The number of carbonyl (C=O) groups excluding carboxylic acids is 1. The first-order valence-electron chi connectivity index (χ1n) is 11.6. The molecule has 0 spiro atoms. The second-order valence-electron chi connectivity index (χ2n) is 8.84. The average molecular weight is 585 g/mol. The van der Waals surface area contributed by atoms with Crippen LogP contribution in [-0.2, 0) is 10.0 Å². The molecule has 1 saturated heterocycles. The molecule has 0 unspecified atom stereocenters. The zero-order valence-electron chi connectivity index (χ0n) is 19.9. The molecule has 12 heteroatoms. The van der Waals surface area contributed by atoms with Crippen molar-refractivity contribution in [3.05, 3.63) is 71.0 Å². The molecule has 1 aliphatic heterocycles. The van der Waals surface area contributed by atoms with Gasteiger partial charge in [0, 0.05) is 52.5 Å². The van der Waals surface area contributed by atoms with Gasteiger partial charge in [-0.3, -0.25) is 9.52 Å². The summed E-state index contributed by atoms with van der Waals surface area (Å²) in [5, 5.41) is 4.11. The number of aromatic nitrogens is 3. The van der Waals surface area contributed by atoms with Crippen LogP contribution in [-0.4, -0.2) is 59.6 Å². The zero-order chi connectivity index (χ0) is 26.0. The first-order valence-corrected chi connectivity index (χ1v) is 14.3. The molecule has 1 amide bonds. The van der Waals surface area contributed by atoms with Gasteiger partial charge in [-0.25, -0.2) is 13.4 Å². The summed E-state index contributed by atoms with van der Waals surface area (Å²) in [5.41, 5.74) is 1.69. The van der Waals surface area contributed by atoms with Crippen molar-refractivity contribution < 1.29 is 17.9 Å². The van der Waals surface area contributed by atoms with E-state index in [0.29, 0.717) is 42.0 Å². The Kier molecular flexibility index (Phi) is 7.02. The fourth-order valence-electron chi connectivity index (χ4n) is 4.20. The Morgan fingerprint density at radius 2 is 1.86 bits per heavy atom. The highest BCUT2D eigenvalue weighted by Crippen LogP contribution is 2.25. The number of carbonyl (C=O) groups is 1. The Morgan fingerprint density at radius 1 is 1.11 bits per heavy atom. The first-order chi connectivity index (χ1) is 17.7. The Bertz CT molecular complexity index is 1530. The Morgan fingerprint density at radius 3 is 2.59 bits per heavy atom. The lowest BCUT2D eigenvalue weighted by atomic mass is 10.0. The van der Waals surface area contributed by atoms with Gasteiger partial charge in [-0.2, -0.15) is 4.98 Å². The van der Waals surface area contributed by atoms with E-state index in [2.05, 4.69) is 40.9 Å². The predicted molar refractivity (Wildman–Crippen MR) is 146 cm³/mol. The van der Waals surface area contributed by atoms with Crippen molar-refractivity contribution >= 4 is 54.4 Å². The molecule has 3 N–H and O–H groups in total. The summed E-state index contributed by atoms with van der Waals surface area (Å²) in [5.74, 6) is 1.52. The van der Waals surface area contributed by atoms with Gasteiger partial charge >= 0.3 is 0 Å². The van der Waals surface area contributed by atoms with Crippen molar-refractivity contribution in [3.63, 3.8) is 0 Å². The molecule has 37 heavy (non-hydrogen) atoms. The lowest BCUT2D eigenvalue weighted by Gasteiger charge is -2.32. The van der Waals surface area contributed by atoms with Crippen LogP contribution in [0.4, 0.5) is 11.6 Å². The van der Waals surface area contributed by atoms with Crippen molar-refractivity contribution in [1.82, 2.24) is 19.9 Å². The van der Waals surface area contributed by atoms with E-state index in [4.69, 9.17) is 4.74 Å². The molecule has 1 aliphatic rings. The van der Waals surface area contributed by atoms with Crippen molar-refractivity contribution in [1.29, 1.82) is 0 Å². The number of H-pyrrole nitrogens is 1. The number of sulfonamides is 1. The van der Waals surface area contributed by atoms with Gasteiger partial charge in [0.15, 0.2) is 0 Å². The van der Waals surface area contributed by atoms with Crippen LogP contribution < -0.4 is 14.8 Å². The maximum absolute atomic E-state index is 13.1. The molecule has 0 radical (unpaired) electrons. The van der Waals surface area contributed by atoms with E-state index < -0.39 is 10.0 Å². The summed E-state index contributed by atoms with van der Waals surface area (Å²) >= 11 is 3.41. The number of aromatic amines is 1. The molecule has 2 aromatic carbocycles. The quantitative estimate of drug-likeness (QED) is 0.289. The first kappa shape index (κ1) is 25.0. The number of hydrogen-bond acceptors (Lipinski definition) is 7. The maximum atomic E-state index is 13.1. The smallest absolute Gasteiger partial charge is 0.270 e. The molecule has 5 rings (SSSR count). The van der Waals surface area contributed by atoms with E-state index in [0.717, 1.165) is 34.5 Å². The Labute approximate surface area is 222 Å². The minimum absolute atomic E-state index is 0.0894. The summed E-state index contributed by atoms with van der Waals surface area (Å²) in [6.45, 7) is 1.17. The minimum atomic E-state index is -3.38. The van der Waals surface area contributed by atoms with Gasteiger partial charge in [0.1, 0.15) is 11.4 Å². The standard InChI is InChI=1S/C25H25BrN6O4S/c1-37(34,35)31-19-4-7-21-16(14-19)15-22(29-21)24(33)32-12-9-18(10-13-32)28-25-27-11-8-23(30-25)36-20-5-2-17(26)3-6-20/h2-8,11,14-15,18,29,31H,9-10,12-13H2,1H3,(H,27,28,30). The lowest BCUT2D eigenvalue weighted by molar-refractivity contribution is 0.0713. The minimum Gasteiger partial charge on any atom is -0.439 e. The molecule has 0 aliphatic carbocycles. The van der Waals surface area contributed by atoms with E-state index in [1.165, 1.54) is 0 Å². The number of rotatable bonds is 7. The van der Waals surface area contributed by atoms with E-state index in [1.54, 1.807) is 36.5 Å². The third-order valence-electron chi connectivity index (χ3n) is 5.94. The fraction of sp³-hybridized carbons (Fsp3) is 0.240. The van der Waals surface area contributed by atoms with Crippen molar-refractivity contribution in [2.45, 2.75) is 18.9 Å². The van der Waals surface area contributed by atoms with Crippen molar-refractivity contribution in [3.8, 4) is 11.6 Å². The summed E-state index contributed by atoms with van der Waals surface area (Å²) < 4.78 is 32.2. The van der Waals surface area contributed by atoms with E-state index in [1.807, 2.05) is 29.2 Å². The number of nitrogens with one attached hydrogen (secondary N) is 3. The van der Waals surface area contributed by atoms with E-state index in [9.17, 15) is 13.2 Å². The molecule has 3 heterocycles. The number of hydrogen-bond donors (Lipinski definition) is 3.